The van der Waals surface area contributed by atoms with Crippen LogP contribution in [0.1, 0.15) is 175 Å². The highest BCUT2D eigenvalue weighted by atomic mass is 16.6. The van der Waals surface area contributed by atoms with Crippen LogP contribution in [0.4, 0.5) is 17.1 Å². The average molecular weight is 1050 g/mol. The van der Waals surface area contributed by atoms with E-state index in [1.54, 1.807) is 21.3 Å². The summed E-state index contributed by atoms with van der Waals surface area (Å²) in [5.74, 6) is 2.38. The molecule has 0 saturated heterocycles. The normalized spacial score (nSPS) is 21.0. The summed E-state index contributed by atoms with van der Waals surface area (Å²) in [7, 11) is 5.29. The van der Waals surface area contributed by atoms with Crippen molar-refractivity contribution in [2.45, 2.75) is 157 Å². The predicted octanol–water partition coefficient (Wildman–Crippen LogP) is 12.7. The van der Waals surface area contributed by atoms with Crippen LogP contribution >= 0.6 is 0 Å². The molecule has 408 valence electrons. The zero-order chi connectivity index (χ0) is 56.7. The van der Waals surface area contributed by atoms with Gasteiger partial charge in [-0.05, 0) is 140 Å². The Balaban J connectivity index is 1.38. The van der Waals surface area contributed by atoms with E-state index in [0.29, 0.717) is 0 Å². The van der Waals surface area contributed by atoms with Gasteiger partial charge in [0.05, 0.1) is 33.9 Å². The van der Waals surface area contributed by atoms with Crippen LogP contribution in [0.15, 0.2) is 109 Å². The molecule has 0 unspecified atom stereocenters. The Bertz CT molecular complexity index is 3170. The van der Waals surface area contributed by atoms with Crippen molar-refractivity contribution in [2.75, 3.05) is 21.3 Å². The number of hydrogen-bond donors (Lipinski definition) is 0. The van der Waals surface area contributed by atoms with E-state index in [1.165, 1.54) is 16.7 Å². The summed E-state index contributed by atoms with van der Waals surface area (Å²) in [5.41, 5.74) is 13.5. The van der Waals surface area contributed by atoms with Gasteiger partial charge in [0.2, 0.25) is 0 Å². The second-order valence-corrected chi connectivity index (χ2v) is 28.8. The summed E-state index contributed by atoms with van der Waals surface area (Å²) in [6.45, 7) is 32.9. The molecular formula is C66H84B3N3O6. The molecule has 78 heavy (non-hydrogen) atoms. The first-order valence-corrected chi connectivity index (χ1v) is 28.1. The Morgan fingerprint density at radius 3 is 0.769 bits per heavy atom. The summed E-state index contributed by atoms with van der Waals surface area (Å²) in [4.78, 5) is 0. The minimum atomic E-state index is -2.59. The maximum atomic E-state index is 7.78. The summed E-state index contributed by atoms with van der Waals surface area (Å²) >= 11 is 0. The van der Waals surface area contributed by atoms with Crippen molar-refractivity contribution in [3.63, 3.8) is 0 Å². The Labute approximate surface area is 466 Å². The lowest BCUT2D eigenvalue weighted by molar-refractivity contribution is -0.335. The van der Waals surface area contributed by atoms with Crippen molar-refractivity contribution in [3.8, 4) is 17.2 Å². The maximum Gasteiger partial charge on any atom is 0.630 e. The fraction of sp³-hybridized carbons (Fsp3) is 0.409. The topological polar surface area (TPSA) is 64.4 Å². The second-order valence-electron chi connectivity index (χ2n) is 28.8. The van der Waals surface area contributed by atoms with Gasteiger partial charge in [0.15, 0.2) is 17.1 Å². The lowest BCUT2D eigenvalue weighted by atomic mass is 9.59. The predicted molar refractivity (Wildman–Crippen MR) is 325 cm³/mol. The quantitative estimate of drug-likeness (QED) is 0.165. The average Bonchev–Trinajstić information content (AvgIpc) is 3.26. The molecule has 6 aromatic rings. The number of rotatable bonds is 3. The minimum absolute atomic E-state index is 0.143. The van der Waals surface area contributed by atoms with Crippen molar-refractivity contribution in [1.82, 2.24) is 0 Å². The van der Waals surface area contributed by atoms with Gasteiger partial charge in [-0.3, -0.25) is 0 Å². The van der Waals surface area contributed by atoms with Gasteiger partial charge in [-0.25, -0.2) is 0 Å². The van der Waals surface area contributed by atoms with Crippen LogP contribution in [0.2, 0.25) is 0 Å². The smallest absolute Gasteiger partial charge is 0.629 e. The highest BCUT2D eigenvalue weighted by Gasteiger charge is 2.57. The highest BCUT2D eigenvalue weighted by molar-refractivity contribution is 6.78. The van der Waals surface area contributed by atoms with Crippen molar-refractivity contribution < 1.29 is 41.4 Å². The third-order valence-corrected chi connectivity index (χ3v) is 16.9. The van der Waals surface area contributed by atoms with Gasteiger partial charge in [-0.2, -0.15) is 0 Å². The third-order valence-electron chi connectivity index (χ3n) is 16.9. The Morgan fingerprint density at radius 1 is 0.321 bits per heavy atom. The minimum Gasteiger partial charge on any atom is -0.629 e. The van der Waals surface area contributed by atoms with E-state index < -0.39 is 20.1 Å². The Morgan fingerprint density at radius 2 is 0.564 bits per heavy atom. The summed E-state index contributed by atoms with van der Waals surface area (Å²) in [6.07, 6.45) is 6.70. The van der Waals surface area contributed by atoms with Gasteiger partial charge in [0.1, 0.15) is 18.6 Å². The summed E-state index contributed by atoms with van der Waals surface area (Å²) in [5, 5.41) is 0. The van der Waals surface area contributed by atoms with Gasteiger partial charge in [0, 0.05) is 18.2 Å². The van der Waals surface area contributed by atoms with Crippen molar-refractivity contribution in [2.24, 2.45) is 0 Å². The number of hydrogen-bond acceptors (Lipinski definition) is 6. The van der Waals surface area contributed by atoms with Crippen LogP contribution in [0, 0.1) is 0 Å². The van der Waals surface area contributed by atoms with E-state index in [9.17, 15) is 0 Å². The molecule has 9 nitrogen and oxygen atoms in total. The molecule has 0 saturated carbocycles. The number of nitrogens with zero attached hydrogens (tertiary/aromatic N) is 3. The van der Waals surface area contributed by atoms with Crippen molar-refractivity contribution in [1.29, 1.82) is 0 Å². The Hall–Kier alpha value is -6.20. The Kier molecular flexibility index (Phi) is 12.8. The zero-order valence-corrected chi connectivity index (χ0v) is 50.6. The zero-order valence-electron chi connectivity index (χ0n) is 50.6. The van der Waals surface area contributed by atoms with E-state index in [1.807, 2.05) is 0 Å². The molecule has 12 heteroatoms. The van der Waals surface area contributed by atoms with Gasteiger partial charge in [0.25, 0.3) is 0 Å². The van der Waals surface area contributed by atoms with E-state index in [-0.39, 0.29) is 32.5 Å². The molecule has 0 N–H and O–H groups in total. The second kappa shape index (κ2) is 18.2. The summed E-state index contributed by atoms with van der Waals surface area (Å²) in [6, 6.07) is 39.5. The molecule has 4 aliphatic rings. The van der Waals surface area contributed by atoms with Crippen LogP contribution < -0.4 is 30.4 Å². The van der Waals surface area contributed by atoms with E-state index in [2.05, 4.69) is 266 Å². The van der Waals surface area contributed by atoms with Gasteiger partial charge in [-0.1, -0.05) is 179 Å². The molecule has 10 rings (SSSR count). The molecule has 0 spiro atoms. The molecule has 4 aliphatic heterocycles. The lowest BCUT2D eigenvalue weighted by Gasteiger charge is -2.43. The molecule has 0 aliphatic carbocycles. The van der Waals surface area contributed by atoms with E-state index >= 15 is 0 Å². The van der Waals surface area contributed by atoms with Crippen LogP contribution in [0.25, 0.3) is 0 Å². The molecule has 3 atom stereocenters. The molecule has 0 amide bonds. The number of fused-ring (bicyclic) bond motifs is 18. The molecule has 6 bridgehead atoms. The standard InChI is InChI=1S/C66H84B3N3O6/c1-61(2,3)46-31-43-40-70-52-28-22-26-50(37-52)68(74-20)72(42-45-33-48(63(7,8)9)35-56(59(45)77-68)65(13,14)15)54-30-24-27-51(39-54)69(75-21)71(41-44-32-47(62(4,5)6)36-57(60(44)78-69)66(16,17)18)53-29-23-25-49(38-53)67(70,73-19)76-58(43)55(34-46)64(10,11)12/h22-42H,1-21H3/t67-,68-,69-/m1/s1. The first kappa shape index (κ1) is 55.1. The van der Waals surface area contributed by atoms with Gasteiger partial charge >= 0.3 is 20.1 Å². The molecule has 4 heterocycles. The van der Waals surface area contributed by atoms with Crippen molar-refractivity contribution >= 4 is 72.2 Å². The van der Waals surface area contributed by atoms with Crippen LogP contribution in [-0.4, -0.2) is 73.5 Å². The van der Waals surface area contributed by atoms with E-state index in [4.69, 9.17) is 27.9 Å². The molecular weight excluding hydrogens is 963 g/mol. The van der Waals surface area contributed by atoms with Crippen LogP contribution in [0.5, 0.6) is 17.2 Å². The fourth-order valence-corrected chi connectivity index (χ4v) is 12.1. The first-order valence-electron chi connectivity index (χ1n) is 28.1. The lowest BCUT2D eigenvalue weighted by Crippen LogP contribution is -2.66. The monoisotopic (exact) mass is 1050 g/mol. The van der Waals surface area contributed by atoms with E-state index in [0.717, 1.165) is 84.1 Å². The highest BCUT2D eigenvalue weighted by Crippen LogP contribution is 2.46. The van der Waals surface area contributed by atoms with Crippen molar-refractivity contribution in [3.05, 3.63) is 159 Å². The van der Waals surface area contributed by atoms with Crippen LogP contribution in [0.3, 0.4) is 0 Å². The number of benzene rings is 6. The molecule has 0 aromatic heterocycles. The largest absolute Gasteiger partial charge is 0.630 e. The maximum absolute atomic E-state index is 7.78. The van der Waals surface area contributed by atoms with Crippen LogP contribution in [-0.2, 0) is 46.5 Å². The fourth-order valence-electron chi connectivity index (χ4n) is 12.1. The van der Waals surface area contributed by atoms with Gasteiger partial charge in [-0.15, -0.1) is 0 Å². The summed E-state index contributed by atoms with van der Waals surface area (Å²) < 4.78 is 51.2. The molecule has 6 aromatic carbocycles. The first-order chi connectivity index (χ1) is 36.2. The molecule has 0 fully saturated rings. The SMILES string of the molecule is CO[B@-]12Oc3c(cc(C(C)(C)C)cc3C(C)(C)C)C=[N+]1c1cccc(c1)[B@@-]1(OC)Oc3c(cc(C(C)(C)C)cc3C(C)(C)C)C=[N+]1c1cccc(c1)[B@@-]1(OC)Oc3c(cc(C(C)(C)C)cc3C(C)(C)C)C=[N+]1c1cccc2c1. The molecule has 0 radical (unpaired) electrons. The third kappa shape index (κ3) is 8.98. The van der Waals surface area contributed by atoms with Gasteiger partial charge < -0.3 is 41.4 Å².